The summed E-state index contributed by atoms with van der Waals surface area (Å²) in [5.74, 6) is 0.596. The number of H-pyrrole nitrogens is 1. The number of nitrogens with zero attached hydrogens (tertiary/aromatic N) is 1. The minimum Gasteiger partial charge on any atom is -0.309 e. The van der Waals surface area contributed by atoms with E-state index >= 15 is 0 Å². The van der Waals surface area contributed by atoms with Gasteiger partial charge in [-0.25, -0.2) is 4.98 Å². The molecular formula is C21H17Cl2N3OS. The number of hydrogen-bond donors (Lipinski definition) is 2. The minimum atomic E-state index is -0.159. The number of halogens is 2. The van der Waals surface area contributed by atoms with E-state index < -0.39 is 0 Å². The van der Waals surface area contributed by atoms with E-state index in [4.69, 9.17) is 23.2 Å². The highest BCUT2D eigenvalue weighted by Gasteiger charge is 2.15. The Labute approximate surface area is 176 Å². The largest absolute Gasteiger partial charge is 0.309 e. The fourth-order valence-electron chi connectivity index (χ4n) is 3.10. The molecule has 0 saturated carbocycles. The third-order valence-corrected chi connectivity index (χ3v) is 6.02. The van der Waals surface area contributed by atoms with Gasteiger partial charge >= 0.3 is 0 Å². The maximum absolute atomic E-state index is 12.7. The Kier molecular flexibility index (Phi) is 5.51. The molecule has 0 radical (unpaired) electrons. The molecule has 0 amide bonds. The van der Waals surface area contributed by atoms with E-state index in [-0.39, 0.29) is 11.6 Å². The average molecular weight is 430 g/mol. The number of fused-ring (bicyclic) bond motifs is 1. The van der Waals surface area contributed by atoms with Crippen LogP contribution in [0.1, 0.15) is 24.4 Å². The second-order valence-corrected chi connectivity index (χ2v) is 8.18. The Bertz CT molecular complexity index is 1200. The van der Waals surface area contributed by atoms with Crippen molar-refractivity contribution in [3.05, 3.63) is 85.7 Å². The van der Waals surface area contributed by atoms with Crippen molar-refractivity contribution in [2.75, 3.05) is 0 Å². The predicted molar refractivity (Wildman–Crippen MR) is 117 cm³/mol. The van der Waals surface area contributed by atoms with Gasteiger partial charge in [0.1, 0.15) is 10.7 Å². The number of thiophene rings is 1. The highest BCUT2D eigenvalue weighted by atomic mass is 35.5. The normalized spacial score (nSPS) is 12.4. The van der Waals surface area contributed by atoms with Crippen molar-refractivity contribution in [1.29, 1.82) is 0 Å². The minimum absolute atomic E-state index is 0.0710. The second-order valence-electron chi connectivity index (χ2n) is 6.48. The van der Waals surface area contributed by atoms with Crippen LogP contribution in [0.2, 0.25) is 10.0 Å². The molecule has 4 nitrogen and oxygen atoms in total. The standard InChI is InChI=1S/C21H17Cl2N3OS/c1-12(13-5-4-6-14(22)9-13)24-10-18-25-20(27)19-16(11-28-21(19)26-18)15-7-2-3-8-17(15)23/h2-9,11-12,24H,10H2,1H3,(H,25,26,27). The smallest absolute Gasteiger partial charge is 0.260 e. The quantitative estimate of drug-likeness (QED) is 0.420. The van der Waals surface area contributed by atoms with Gasteiger partial charge in [0.15, 0.2) is 0 Å². The zero-order chi connectivity index (χ0) is 19.7. The molecule has 0 fully saturated rings. The monoisotopic (exact) mass is 429 g/mol. The zero-order valence-corrected chi connectivity index (χ0v) is 17.3. The Morgan fingerprint density at radius 3 is 2.75 bits per heavy atom. The number of nitrogens with one attached hydrogen (secondary N) is 2. The third kappa shape index (κ3) is 3.84. The van der Waals surface area contributed by atoms with Gasteiger partial charge in [0.25, 0.3) is 5.56 Å². The van der Waals surface area contributed by atoms with Crippen LogP contribution in [0.25, 0.3) is 21.3 Å². The second kappa shape index (κ2) is 8.05. The molecular weight excluding hydrogens is 413 g/mol. The SMILES string of the molecule is CC(NCc1nc2scc(-c3ccccc3Cl)c2c(=O)[nH]1)c1cccc(Cl)c1. The lowest BCUT2D eigenvalue weighted by Gasteiger charge is -2.14. The summed E-state index contributed by atoms with van der Waals surface area (Å²) in [7, 11) is 0. The van der Waals surface area contributed by atoms with Crippen LogP contribution in [-0.4, -0.2) is 9.97 Å². The zero-order valence-electron chi connectivity index (χ0n) is 15.0. The molecule has 0 bridgehead atoms. The van der Waals surface area contributed by atoms with Crippen LogP contribution in [0.4, 0.5) is 0 Å². The van der Waals surface area contributed by atoms with Gasteiger partial charge in [-0.1, -0.05) is 53.5 Å². The first-order valence-corrected chi connectivity index (χ1v) is 10.4. The molecule has 0 aliphatic carbocycles. The summed E-state index contributed by atoms with van der Waals surface area (Å²) in [6.45, 7) is 2.49. The summed E-state index contributed by atoms with van der Waals surface area (Å²) in [6, 6.07) is 15.3. The van der Waals surface area contributed by atoms with Gasteiger partial charge in [-0.2, -0.15) is 0 Å². The lowest BCUT2D eigenvalue weighted by atomic mass is 10.1. The van der Waals surface area contributed by atoms with Crippen LogP contribution in [0.15, 0.2) is 58.7 Å². The van der Waals surface area contributed by atoms with Gasteiger partial charge in [0.05, 0.1) is 11.9 Å². The fraction of sp³-hybridized carbons (Fsp3) is 0.143. The van der Waals surface area contributed by atoms with Gasteiger partial charge in [0, 0.05) is 32.6 Å². The topological polar surface area (TPSA) is 57.8 Å². The Hall–Kier alpha value is -2.18. The molecule has 1 atom stereocenters. The summed E-state index contributed by atoms with van der Waals surface area (Å²) in [4.78, 5) is 21.0. The number of aromatic amines is 1. The molecule has 2 N–H and O–H groups in total. The molecule has 4 aromatic rings. The Morgan fingerprint density at radius 1 is 1.14 bits per heavy atom. The predicted octanol–water partition coefficient (Wildman–Crippen LogP) is 5.81. The summed E-state index contributed by atoms with van der Waals surface area (Å²) in [6.07, 6.45) is 0. The maximum atomic E-state index is 12.7. The highest BCUT2D eigenvalue weighted by molar-refractivity contribution is 7.17. The number of hydrogen-bond acceptors (Lipinski definition) is 4. The molecule has 4 rings (SSSR count). The molecule has 0 aliphatic heterocycles. The van der Waals surface area contributed by atoms with Crippen molar-refractivity contribution in [3.8, 4) is 11.1 Å². The van der Waals surface area contributed by atoms with Crippen molar-refractivity contribution in [2.45, 2.75) is 19.5 Å². The van der Waals surface area contributed by atoms with Crippen LogP contribution in [0.5, 0.6) is 0 Å². The van der Waals surface area contributed by atoms with Crippen molar-refractivity contribution in [1.82, 2.24) is 15.3 Å². The van der Waals surface area contributed by atoms with E-state index in [1.54, 1.807) is 0 Å². The van der Waals surface area contributed by atoms with Crippen LogP contribution >= 0.6 is 34.5 Å². The van der Waals surface area contributed by atoms with Crippen molar-refractivity contribution in [2.24, 2.45) is 0 Å². The van der Waals surface area contributed by atoms with Gasteiger partial charge in [-0.15, -0.1) is 11.3 Å². The van der Waals surface area contributed by atoms with E-state index in [0.29, 0.717) is 32.6 Å². The summed E-state index contributed by atoms with van der Waals surface area (Å²) in [5.41, 5.74) is 2.57. The van der Waals surface area contributed by atoms with Crippen molar-refractivity contribution in [3.63, 3.8) is 0 Å². The average Bonchev–Trinajstić information content (AvgIpc) is 3.11. The van der Waals surface area contributed by atoms with E-state index in [1.807, 2.05) is 60.8 Å². The van der Waals surface area contributed by atoms with Crippen LogP contribution in [0, 0.1) is 0 Å². The molecule has 2 heterocycles. The van der Waals surface area contributed by atoms with Crippen LogP contribution in [-0.2, 0) is 6.54 Å². The van der Waals surface area contributed by atoms with Gasteiger partial charge in [-0.05, 0) is 30.7 Å². The number of aromatic nitrogens is 2. The van der Waals surface area contributed by atoms with E-state index in [2.05, 4.69) is 15.3 Å². The lowest BCUT2D eigenvalue weighted by molar-refractivity contribution is 0.560. The summed E-state index contributed by atoms with van der Waals surface area (Å²) >= 11 is 13.8. The van der Waals surface area contributed by atoms with E-state index in [1.165, 1.54) is 11.3 Å². The Morgan fingerprint density at radius 2 is 1.96 bits per heavy atom. The summed E-state index contributed by atoms with van der Waals surface area (Å²) in [5, 5.41) is 7.19. The molecule has 1 unspecified atom stereocenters. The maximum Gasteiger partial charge on any atom is 0.260 e. The highest BCUT2D eigenvalue weighted by Crippen LogP contribution is 2.34. The van der Waals surface area contributed by atoms with Crippen molar-refractivity contribution < 1.29 is 0 Å². The summed E-state index contributed by atoms with van der Waals surface area (Å²) < 4.78 is 0. The molecule has 7 heteroatoms. The van der Waals surface area contributed by atoms with Crippen molar-refractivity contribution >= 4 is 44.8 Å². The molecule has 0 saturated heterocycles. The fourth-order valence-corrected chi connectivity index (χ4v) is 4.49. The van der Waals surface area contributed by atoms with Gasteiger partial charge in [-0.3, -0.25) is 4.79 Å². The number of rotatable bonds is 5. The van der Waals surface area contributed by atoms with Gasteiger partial charge in [0.2, 0.25) is 0 Å². The first-order valence-electron chi connectivity index (χ1n) is 8.77. The van der Waals surface area contributed by atoms with E-state index in [9.17, 15) is 4.79 Å². The molecule has 2 aromatic heterocycles. The first kappa shape index (κ1) is 19.2. The first-order chi connectivity index (χ1) is 13.5. The van der Waals surface area contributed by atoms with Gasteiger partial charge < -0.3 is 10.3 Å². The third-order valence-electron chi connectivity index (χ3n) is 4.58. The molecule has 2 aromatic carbocycles. The van der Waals surface area contributed by atoms with Crippen LogP contribution in [0.3, 0.4) is 0 Å². The number of benzene rings is 2. The molecule has 0 aliphatic rings. The van der Waals surface area contributed by atoms with Crippen LogP contribution < -0.4 is 10.9 Å². The van der Waals surface area contributed by atoms with E-state index in [0.717, 1.165) is 16.7 Å². The molecule has 0 spiro atoms. The lowest BCUT2D eigenvalue weighted by Crippen LogP contribution is -2.22. The molecule has 142 valence electrons. The molecule has 28 heavy (non-hydrogen) atoms. The Balaban J connectivity index is 1.60.